The van der Waals surface area contributed by atoms with Gasteiger partial charge >= 0.3 is 0 Å². The Morgan fingerprint density at radius 1 is 1.31 bits per heavy atom. The van der Waals surface area contributed by atoms with Gasteiger partial charge in [0.05, 0.1) is 5.69 Å². The first-order valence-corrected chi connectivity index (χ1v) is 6.27. The van der Waals surface area contributed by atoms with Gasteiger partial charge in [0.2, 0.25) is 0 Å². The molecule has 84 valence electrons. The zero-order valence-electron chi connectivity index (χ0n) is 9.25. The number of halogens is 1. The number of nitrogens with one attached hydrogen (secondary N) is 1. The van der Waals surface area contributed by atoms with Crippen LogP contribution in [-0.2, 0) is 6.54 Å². The van der Waals surface area contributed by atoms with Gasteiger partial charge < -0.3 is 5.32 Å². The summed E-state index contributed by atoms with van der Waals surface area (Å²) < 4.78 is 0.768. The summed E-state index contributed by atoms with van der Waals surface area (Å²) in [6, 6.07) is 8.33. The van der Waals surface area contributed by atoms with Gasteiger partial charge in [-0.1, -0.05) is 41.4 Å². The Kier molecular flexibility index (Phi) is 3.59. The number of thiazole rings is 1. The Labute approximate surface area is 104 Å². The van der Waals surface area contributed by atoms with E-state index < -0.39 is 0 Å². The van der Waals surface area contributed by atoms with Crippen molar-refractivity contribution in [2.24, 2.45) is 0 Å². The highest BCUT2D eigenvalue weighted by Gasteiger charge is 2.09. The van der Waals surface area contributed by atoms with Gasteiger partial charge in [0.25, 0.3) is 0 Å². The first-order chi connectivity index (χ1) is 7.70. The molecule has 16 heavy (non-hydrogen) atoms. The molecule has 0 amide bonds. The van der Waals surface area contributed by atoms with Crippen LogP contribution >= 0.6 is 22.9 Å². The van der Waals surface area contributed by atoms with E-state index in [1.54, 1.807) is 0 Å². The van der Waals surface area contributed by atoms with Crippen molar-refractivity contribution in [1.29, 1.82) is 0 Å². The predicted molar refractivity (Wildman–Crippen MR) is 70.1 cm³/mol. The maximum Gasteiger partial charge on any atom is 0.125 e. The molecule has 0 radical (unpaired) electrons. The largest absolute Gasteiger partial charge is 0.314 e. The minimum absolute atomic E-state index is 0.710. The van der Waals surface area contributed by atoms with Crippen LogP contribution in [0.2, 0.25) is 4.34 Å². The van der Waals surface area contributed by atoms with E-state index in [0.717, 1.165) is 20.6 Å². The summed E-state index contributed by atoms with van der Waals surface area (Å²) >= 11 is 7.65. The van der Waals surface area contributed by atoms with E-state index in [9.17, 15) is 0 Å². The van der Waals surface area contributed by atoms with Crippen molar-refractivity contribution in [3.8, 4) is 10.6 Å². The lowest BCUT2D eigenvalue weighted by atomic mass is 10.2. The Morgan fingerprint density at radius 3 is 2.62 bits per heavy atom. The van der Waals surface area contributed by atoms with E-state index in [1.165, 1.54) is 16.9 Å². The smallest absolute Gasteiger partial charge is 0.125 e. The first-order valence-electron chi connectivity index (χ1n) is 5.07. The molecule has 1 aromatic carbocycles. The molecule has 0 fully saturated rings. The van der Waals surface area contributed by atoms with Crippen LogP contribution in [0.25, 0.3) is 10.6 Å². The zero-order chi connectivity index (χ0) is 11.5. The van der Waals surface area contributed by atoms with E-state index in [-0.39, 0.29) is 0 Å². The van der Waals surface area contributed by atoms with E-state index in [0.29, 0.717) is 6.54 Å². The third-order valence-electron chi connectivity index (χ3n) is 2.29. The van der Waals surface area contributed by atoms with Crippen molar-refractivity contribution < 1.29 is 0 Å². The van der Waals surface area contributed by atoms with Gasteiger partial charge in [-0.25, -0.2) is 4.98 Å². The van der Waals surface area contributed by atoms with Crippen LogP contribution in [0.15, 0.2) is 24.3 Å². The highest BCUT2D eigenvalue weighted by atomic mass is 35.5. The summed E-state index contributed by atoms with van der Waals surface area (Å²) in [6.07, 6.45) is 0. The van der Waals surface area contributed by atoms with Crippen LogP contribution in [0.1, 0.15) is 11.3 Å². The van der Waals surface area contributed by atoms with Crippen molar-refractivity contribution in [3.63, 3.8) is 0 Å². The van der Waals surface area contributed by atoms with Crippen molar-refractivity contribution in [1.82, 2.24) is 10.3 Å². The predicted octanol–water partition coefficient (Wildman–Crippen LogP) is 3.49. The van der Waals surface area contributed by atoms with Gasteiger partial charge in [-0.15, -0.1) is 11.3 Å². The molecule has 0 aliphatic carbocycles. The number of aromatic nitrogens is 1. The molecule has 1 N–H and O–H groups in total. The lowest BCUT2D eigenvalue weighted by Crippen LogP contribution is -2.05. The molecule has 0 aliphatic heterocycles. The zero-order valence-corrected chi connectivity index (χ0v) is 10.8. The molecule has 0 unspecified atom stereocenters. The summed E-state index contributed by atoms with van der Waals surface area (Å²) in [4.78, 5) is 4.52. The Balaban J connectivity index is 2.33. The molecule has 0 saturated carbocycles. The monoisotopic (exact) mass is 252 g/mol. The maximum absolute atomic E-state index is 6.12. The lowest BCUT2D eigenvalue weighted by molar-refractivity contribution is 0.798. The molecule has 0 aliphatic rings. The SMILES string of the molecule is CNCc1nc(-c2ccc(C)cc2)sc1Cl. The number of nitrogens with zero attached hydrogens (tertiary/aromatic N) is 1. The van der Waals surface area contributed by atoms with Crippen molar-refractivity contribution in [2.75, 3.05) is 7.05 Å². The highest BCUT2D eigenvalue weighted by molar-refractivity contribution is 7.19. The topological polar surface area (TPSA) is 24.9 Å². The number of aryl methyl sites for hydroxylation is 1. The lowest BCUT2D eigenvalue weighted by Gasteiger charge is -1.96. The Morgan fingerprint density at radius 2 is 2.00 bits per heavy atom. The van der Waals surface area contributed by atoms with Crippen LogP contribution in [0.3, 0.4) is 0 Å². The molecule has 2 rings (SSSR count). The van der Waals surface area contributed by atoms with Gasteiger partial charge in [-0.05, 0) is 14.0 Å². The molecule has 4 heteroatoms. The Hall–Kier alpha value is -0.900. The normalized spacial score (nSPS) is 10.7. The summed E-state index contributed by atoms with van der Waals surface area (Å²) in [7, 11) is 1.89. The average molecular weight is 253 g/mol. The molecule has 2 aromatic rings. The standard InChI is InChI=1S/C12H13ClN2S/c1-8-3-5-9(6-4-8)12-15-10(7-14-2)11(13)16-12/h3-6,14H,7H2,1-2H3. The van der Waals surface area contributed by atoms with Gasteiger partial charge in [0.1, 0.15) is 9.34 Å². The van der Waals surface area contributed by atoms with Crippen molar-refractivity contribution in [2.45, 2.75) is 13.5 Å². The van der Waals surface area contributed by atoms with Crippen LogP contribution < -0.4 is 5.32 Å². The van der Waals surface area contributed by atoms with E-state index in [1.807, 2.05) is 7.05 Å². The molecule has 0 spiro atoms. The van der Waals surface area contributed by atoms with Crippen LogP contribution in [-0.4, -0.2) is 12.0 Å². The number of benzene rings is 1. The van der Waals surface area contributed by atoms with Gasteiger partial charge in [-0.2, -0.15) is 0 Å². The van der Waals surface area contributed by atoms with Crippen molar-refractivity contribution >= 4 is 22.9 Å². The minimum atomic E-state index is 0.710. The average Bonchev–Trinajstić information content (AvgIpc) is 2.62. The van der Waals surface area contributed by atoms with Crippen molar-refractivity contribution in [3.05, 3.63) is 39.9 Å². The molecule has 0 atom stereocenters. The minimum Gasteiger partial charge on any atom is -0.314 e. The molecule has 1 heterocycles. The van der Waals surface area contributed by atoms with E-state index >= 15 is 0 Å². The maximum atomic E-state index is 6.12. The number of hydrogen-bond donors (Lipinski definition) is 1. The third-order valence-corrected chi connectivity index (χ3v) is 3.68. The fraction of sp³-hybridized carbons (Fsp3) is 0.250. The fourth-order valence-corrected chi connectivity index (χ4v) is 2.57. The third kappa shape index (κ3) is 2.43. The number of hydrogen-bond acceptors (Lipinski definition) is 3. The van der Waals surface area contributed by atoms with Crippen LogP contribution in [0.4, 0.5) is 0 Å². The van der Waals surface area contributed by atoms with Gasteiger partial charge in [-0.3, -0.25) is 0 Å². The molecule has 1 aromatic heterocycles. The summed E-state index contributed by atoms with van der Waals surface area (Å²) in [5, 5.41) is 4.04. The molecule has 2 nitrogen and oxygen atoms in total. The van der Waals surface area contributed by atoms with E-state index in [2.05, 4.69) is 41.5 Å². The quantitative estimate of drug-likeness (QED) is 0.905. The molecule has 0 saturated heterocycles. The second-order valence-corrected chi connectivity index (χ2v) is 5.24. The summed E-state index contributed by atoms with van der Waals surface area (Å²) in [5.41, 5.74) is 3.30. The summed E-state index contributed by atoms with van der Waals surface area (Å²) in [5.74, 6) is 0. The second-order valence-electron chi connectivity index (χ2n) is 3.64. The van der Waals surface area contributed by atoms with Gasteiger partial charge in [0, 0.05) is 12.1 Å². The molecular formula is C12H13ClN2S. The van der Waals surface area contributed by atoms with E-state index in [4.69, 9.17) is 11.6 Å². The highest BCUT2D eigenvalue weighted by Crippen LogP contribution is 2.31. The molecular weight excluding hydrogens is 240 g/mol. The van der Waals surface area contributed by atoms with Gasteiger partial charge in [0.15, 0.2) is 0 Å². The fourth-order valence-electron chi connectivity index (χ4n) is 1.43. The second kappa shape index (κ2) is 4.95. The molecule has 0 bridgehead atoms. The number of rotatable bonds is 3. The first kappa shape index (κ1) is 11.6. The Bertz CT molecular complexity index is 476. The summed E-state index contributed by atoms with van der Waals surface area (Å²) in [6.45, 7) is 2.78. The van der Waals surface area contributed by atoms with Crippen LogP contribution in [0.5, 0.6) is 0 Å². The van der Waals surface area contributed by atoms with Crippen LogP contribution in [0, 0.1) is 6.92 Å².